The number of thioether (sulfide) groups is 1. The molecule has 0 aromatic heterocycles. The molecule has 0 amide bonds. The predicted molar refractivity (Wildman–Crippen MR) is 103 cm³/mol. The van der Waals surface area contributed by atoms with Gasteiger partial charge in [-0.3, -0.25) is 0 Å². The quantitative estimate of drug-likeness (QED) is 0.544. The molecule has 0 aliphatic carbocycles. The van der Waals surface area contributed by atoms with Crippen LogP contribution in [0.15, 0.2) is 53.4 Å². The summed E-state index contributed by atoms with van der Waals surface area (Å²) in [6.45, 7) is -0.461. The van der Waals surface area contributed by atoms with Gasteiger partial charge in [-0.2, -0.15) is 0 Å². The lowest BCUT2D eigenvalue weighted by atomic mass is 10.0. The predicted octanol–water partition coefficient (Wildman–Crippen LogP) is 1.03. The van der Waals surface area contributed by atoms with Crippen LogP contribution in [0.2, 0.25) is 0 Å². The van der Waals surface area contributed by atoms with Gasteiger partial charge < -0.3 is 29.9 Å². The lowest BCUT2D eigenvalue weighted by molar-refractivity contribution is -0.205. The molecule has 0 saturated carbocycles. The number of ether oxygens (including phenoxy) is 2. The van der Waals surface area contributed by atoms with Crippen LogP contribution < -0.4 is 0 Å². The van der Waals surface area contributed by atoms with Gasteiger partial charge in [0, 0.05) is 4.90 Å². The fourth-order valence-corrected chi connectivity index (χ4v) is 4.03. The standard InChI is InChI=1S/C20H22O7S/c1-26-19(25)13-4-2-3-12(9-13)11-5-7-14(8-6-11)28-20-18(24)17(23)16(22)15(10-21)27-20/h2-9,15-18,20-24H,10H2,1H3/t15-,16-,17-,18-,20-/m1/s1. The SMILES string of the molecule is COC(=O)c1cccc(-c2ccc(S[C@H]3O[C@H](CO)[C@@H](O)[C@@H](O)[C@H]3O)cc2)c1. The minimum Gasteiger partial charge on any atom is -0.465 e. The number of aliphatic hydroxyl groups is 4. The van der Waals surface area contributed by atoms with Crippen molar-refractivity contribution in [3.63, 3.8) is 0 Å². The monoisotopic (exact) mass is 406 g/mol. The Kier molecular flexibility index (Phi) is 6.71. The van der Waals surface area contributed by atoms with Gasteiger partial charge in [-0.15, -0.1) is 0 Å². The van der Waals surface area contributed by atoms with E-state index in [9.17, 15) is 25.2 Å². The van der Waals surface area contributed by atoms with E-state index in [1.54, 1.807) is 18.2 Å². The van der Waals surface area contributed by atoms with E-state index in [-0.39, 0.29) is 0 Å². The largest absolute Gasteiger partial charge is 0.465 e. The summed E-state index contributed by atoms with van der Waals surface area (Å²) in [6, 6.07) is 14.5. The number of benzene rings is 2. The molecule has 1 heterocycles. The first-order chi connectivity index (χ1) is 13.4. The zero-order valence-corrected chi connectivity index (χ0v) is 16.0. The molecule has 7 nitrogen and oxygen atoms in total. The van der Waals surface area contributed by atoms with Crippen molar-refractivity contribution in [1.82, 2.24) is 0 Å². The van der Waals surface area contributed by atoms with Crippen molar-refractivity contribution in [1.29, 1.82) is 0 Å². The van der Waals surface area contributed by atoms with Gasteiger partial charge in [0.15, 0.2) is 0 Å². The van der Waals surface area contributed by atoms with Gasteiger partial charge in [0.05, 0.1) is 19.3 Å². The average Bonchev–Trinajstić information content (AvgIpc) is 2.74. The van der Waals surface area contributed by atoms with Crippen LogP contribution in [0.25, 0.3) is 11.1 Å². The summed E-state index contributed by atoms with van der Waals surface area (Å²) in [5.41, 5.74) is 1.38. The van der Waals surface area contributed by atoms with E-state index >= 15 is 0 Å². The first kappa shape index (κ1) is 20.8. The third-order valence-corrected chi connectivity index (χ3v) is 5.74. The number of aliphatic hydroxyl groups excluding tert-OH is 4. The van der Waals surface area contributed by atoms with Crippen LogP contribution in [-0.4, -0.2) is 70.0 Å². The second-order valence-electron chi connectivity index (χ2n) is 6.41. The van der Waals surface area contributed by atoms with Gasteiger partial charge in [-0.05, 0) is 35.4 Å². The Balaban J connectivity index is 1.74. The van der Waals surface area contributed by atoms with E-state index in [4.69, 9.17) is 9.47 Å². The first-order valence-electron chi connectivity index (χ1n) is 8.70. The Bertz CT molecular complexity index is 808. The highest BCUT2D eigenvalue weighted by Gasteiger charge is 2.43. The van der Waals surface area contributed by atoms with Crippen molar-refractivity contribution in [2.45, 2.75) is 34.7 Å². The normalized spacial score (nSPS) is 27.4. The molecule has 0 radical (unpaired) electrons. The number of carbonyl (C=O) groups is 1. The second kappa shape index (κ2) is 9.04. The molecule has 0 bridgehead atoms. The zero-order chi connectivity index (χ0) is 20.3. The number of hydrogen-bond acceptors (Lipinski definition) is 8. The molecule has 150 valence electrons. The van der Waals surface area contributed by atoms with Crippen molar-refractivity contribution in [3.05, 3.63) is 54.1 Å². The fourth-order valence-electron chi connectivity index (χ4n) is 2.97. The Labute approximate surface area is 166 Å². The molecule has 1 fully saturated rings. The molecular weight excluding hydrogens is 384 g/mol. The van der Waals surface area contributed by atoms with Crippen molar-refractivity contribution < 1.29 is 34.7 Å². The minimum absolute atomic E-state index is 0.406. The van der Waals surface area contributed by atoms with E-state index in [0.717, 1.165) is 16.0 Å². The molecular formula is C20H22O7S. The lowest BCUT2D eigenvalue weighted by Crippen LogP contribution is -2.57. The van der Waals surface area contributed by atoms with Crippen molar-refractivity contribution in [2.24, 2.45) is 0 Å². The van der Waals surface area contributed by atoms with Crippen LogP contribution in [0.1, 0.15) is 10.4 Å². The van der Waals surface area contributed by atoms with E-state index in [1.807, 2.05) is 30.3 Å². The number of methoxy groups -OCH3 is 1. The van der Waals surface area contributed by atoms with Gasteiger partial charge in [-0.1, -0.05) is 36.0 Å². The van der Waals surface area contributed by atoms with E-state index in [0.29, 0.717) is 5.56 Å². The van der Waals surface area contributed by atoms with Crippen LogP contribution in [0, 0.1) is 0 Å². The molecule has 1 aliphatic heterocycles. The molecule has 8 heteroatoms. The fraction of sp³-hybridized carbons (Fsp3) is 0.350. The van der Waals surface area contributed by atoms with Crippen LogP contribution in [-0.2, 0) is 9.47 Å². The molecule has 28 heavy (non-hydrogen) atoms. The summed E-state index contributed by atoms with van der Waals surface area (Å²) in [5.74, 6) is -0.406. The number of hydrogen-bond donors (Lipinski definition) is 4. The molecule has 4 N–H and O–H groups in total. The van der Waals surface area contributed by atoms with E-state index in [2.05, 4.69) is 0 Å². The third kappa shape index (κ3) is 4.38. The van der Waals surface area contributed by atoms with Crippen LogP contribution in [0.3, 0.4) is 0 Å². The molecule has 2 aromatic carbocycles. The maximum absolute atomic E-state index is 11.7. The summed E-state index contributed by atoms with van der Waals surface area (Å²) in [6.07, 6.45) is -5.00. The maximum Gasteiger partial charge on any atom is 0.337 e. The Morgan fingerprint density at radius 1 is 1.04 bits per heavy atom. The van der Waals surface area contributed by atoms with Crippen molar-refractivity contribution in [2.75, 3.05) is 13.7 Å². The highest BCUT2D eigenvalue weighted by Crippen LogP contribution is 2.34. The van der Waals surface area contributed by atoms with Crippen molar-refractivity contribution >= 4 is 17.7 Å². The second-order valence-corrected chi connectivity index (χ2v) is 7.58. The third-order valence-electron chi connectivity index (χ3n) is 4.57. The summed E-state index contributed by atoms with van der Waals surface area (Å²) in [5, 5.41) is 39.1. The highest BCUT2D eigenvalue weighted by molar-refractivity contribution is 7.99. The molecule has 3 rings (SSSR count). The van der Waals surface area contributed by atoms with Crippen molar-refractivity contribution in [3.8, 4) is 11.1 Å². The maximum atomic E-state index is 11.7. The van der Waals surface area contributed by atoms with Gasteiger partial charge in [0.1, 0.15) is 29.9 Å². The van der Waals surface area contributed by atoms with Gasteiger partial charge >= 0.3 is 5.97 Å². The zero-order valence-electron chi connectivity index (χ0n) is 15.1. The average molecular weight is 406 g/mol. The molecule has 0 spiro atoms. The van der Waals surface area contributed by atoms with Crippen LogP contribution >= 0.6 is 11.8 Å². The molecule has 1 aliphatic rings. The molecule has 5 atom stereocenters. The molecule has 1 saturated heterocycles. The van der Waals surface area contributed by atoms with E-state index in [1.165, 1.54) is 18.9 Å². The molecule has 2 aromatic rings. The lowest BCUT2D eigenvalue weighted by Gasteiger charge is -2.39. The summed E-state index contributed by atoms with van der Waals surface area (Å²) in [4.78, 5) is 12.5. The van der Waals surface area contributed by atoms with Gasteiger partial charge in [0.2, 0.25) is 0 Å². The smallest absolute Gasteiger partial charge is 0.337 e. The Morgan fingerprint density at radius 2 is 1.75 bits per heavy atom. The highest BCUT2D eigenvalue weighted by atomic mass is 32.2. The summed E-state index contributed by atoms with van der Waals surface area (Å²) in [7, 11) is 1.33. The molecule has 0 unspecified atom stereocenters. The number of carbonyl (C=O) groups excluding carboxylic acids is 1. The first-order valence-corrected chi connectivity index (χ1v) is 9.58. The Morgan fingerprint density at radius 3 is 2.39 bits per heavy atom. The van der Waals surface area contributed by atoms with Crippen LogP contribution in [0.5, 0.6) is 0 Å². The summed E-state index contributed by atoms with van der Waals surface area (Å²) >= 11 is 1.18. The minimum atomic E-state index is -1.40. The van der Waals surface area contributed by atoms with Crippen LogP contribution in [0.4, 0.5) is 0 Å². The summed E-state index contributed by atoms with van der Waals surface area (Å²) < 4.78 is 10.2. The topological polar surface area (TPSA) is 116 Å². The van der Waals surface area contributed by atoms with Gasteiger partial charge in [-0.25, -0.2) is 4.79 Å². The Hall–Kier alpha value is -1.94. The number of esters is 1. The number of rotatable bonds is 5. The van der Waals surface area contributed by atoms with E-state index < -0.39 is 42.4 Å². The van der Waals surface area contributed by atoms with Gasteiger partial charge in [0.25, 0.3) is 0 Å².